The van der Waals surface area contributed by atoms with Crippen molar-refractivity contribution >= 4 is 5.95 Å². The SMILES string of the molecule is Cc1cnc(N2CCC(CNC3CC3)CC2)nc1. The highest BCUT2D eigenvalue weighted by Crippen LogP contribution is 2.23. The largest absolute Gasteiger partial charge is 0.341 e. The van der Waals surface area contributed by atoms with E-state index in [1.807, 2.05) is 19.3 Å². The van der Waals surface area contributed by atoms with E-state index in [2.05, 4.69) is 20.2 Å². The number of rotatable bonds is 4. The van der Waals surface area contributed by atoms with Crippen molar-refractivity contribution in [1.82, 2.24) is 15.3 Å². The molecule has 1 saturated carbocycles. The van der Waals surface area contributed by atoms with Gasteiger partial charge in [0.15, 0.2) is 0 Å². The van der Waals surface area contributed by atoms with E-state index in [9.17, 15) is 0 Å². The van der Waals surface area contributed by atoms with E-state index >= 15 is 0 Å². The van der Waals surface area contributed by atoms with E-state index in [0.717, 1.165) is 36.6 Å². The molecule has 0 unspecified atom stereocenters. The molecule has 0 radical (unpaired) electrons. The molecule has 2 aliphatic rings. The highest BCUT2D eigenvalue weighted by Gasteiger charge is 2.24. The number of hydrogen-bond donors (Lipinski definition) is 1. The van der Waals surface area contributed by atoms with Gasteiger partial charge in [0, 0.05) is 31.5 Å². The molecule has 1 aliphatic heterocycles. The second-order valence-corrected chi connectivity index (χ2v) is 5.67. The maximum Gasteiger partial charge on any atom is 0.225 e. The van der Waals surface area contributed by atoms with Gasteiger partial charge in [0.2, 0.25) is 5.95 Å². The van der Waals surface area contributed by atoms with Gasteiger partial charge in [-0.2, -0.15) is 0 Å². The fourth-order valence-electron chi connectivity index (χ4n) is 2.51. The van der Waals surface area contributed by atoms with Gasteiger partial charge in [0.25, 0.3) is 0 Å². The van der Waals surface area contributed by atoms with Gasteiger partial charge in [0.1, 0.15) is 0 Å². The Balaban J connectivity index is 1.48. The molecule has 1 aromatic rings. The molecule has 0 spiro atoms. The Bertz CT molecular complexity index is 377. The van der Waals surface area contributed by atoms with Crippen LogP contribution in [0.15, 0.2) is 12.4 Å². The summed E-state index contributed by atoms with van der Waals surface area (Å²) in [7, 11) is 0. The van der Waals surface area contributed by atoms with Crippen molar-refractivity contribution in [2.75, 3.05) is 24.5 Å². The Kier molecular flexibility index (Phi) is 3.46. The van der Waals surface area contributed by atoms with Crippen LogP contribution in [-0.4, -0.2) is 35.6 Å². The van der Waals surface area contributed by atoms with Gasteiger partial charge in [0.05, 0.1) is 0 Å². The first-order chi connectivity index (χ1) is 8.81. The van der Waals surface area contributed by atoms with Crippen LogP contribution in [0.25, 0.3) is 0 Å². The molecular formula is C14H22N4. The molecule has 1 saturated heterocycles. The third-order valence-electron chi connectivity index (χ3n) is 3.94. The van der Waals surface area contributed by atoms with Crippen molar-refractivity contribution in [1.29, 1.82) is 0 Å². The predicted octanol–water partition coefficient (Wildman–Crippen LogP) is 1.75. The number of nitrogens with one attached hydrogen (secondary N) is 1. The molecule has 18 heavy (non-hydrogen) atoms. The monoisotopic (exact) mass is 246 g/mol. The van der Waals surface area contributed by atoms with E-state index in [4.69, 9.17) is 0 Å². The van der Waals surface area contributed by atoms with Crippen molar-refractivity contribution in [3.05, 3.63) is 18.0 Å². The van der Waals surface area contributed by atoms with Crippen LogP contribution < -0.4 is 10.2 Å². The van der Waals surface area contributed by atoms with Gasteiger partial charge in [-0.3, -0.25) is 0 Å². The van der Waals surface area contributed by atoms with Crippen molar-refractivity contribution in [2.45, 2.75) is 38.6 Å². The first-order valence-electron chi connectivity index (χ1n) is 7.08. The Morgan fingerprint density at radius 1 is 1.17 bits per heavy atom. The summed E-state index contributed by atoms with van der Waals surface area (Å²) in [6, 6.07) is 0.837. The molecule has 0 bridgehead atoms. The number of anilines is 1. The minimum Gasteiger partial charge on any atom is -0.341 e. The Morgan fingerprint density at radius 3 is 2.44 bits per heavy atom. The topological polar surface area (TPSA) is 41.1 Å². The quantitative estimate of drug-likeness (QED) is 0.879. The number of aromatic nitrogens is 2. The van der Waals surface area contributed by atoms with E-state index < -0.39 is 0 Å². The van der Waals surface area contributed by atoms with E-state index in [0.29, 0.717) is 0 Å². The molecule has 1 N–H and O–H groups in total. The summed E-state index contributed by atoms with van der Waals surface area (Å²) in [5.41, 5.74) is 1.13. The summed E-state index contributed by atoms with van der Waals surface area (Å²) in [6.45, 7) is 5.42. The summed E-state index contributed by atoms with van der Waals surface area (Å²) < 4.78 is 0. The van der Waals surface area contributed by atoms with Gasteiger partial charge >= 0.3 is 0 Å². The van der Waals surface area contributed by atoms with Crippen molar-refractivity contribution in [2.24, 2.45) is 5.92 Å². The predicted molar refractivity (Wildman–Crippen MR) is 72.7 cm³/mol. The smallest absolute Gasteiger partial charge is 0.225 e. The van der Waals surface area contributed by atoms with Crippen LogP contribution in [0, 0.1) is 12.8 Å². The number of hydrogen-bond acceptors (Lipinski definition) is 4. The number of aryl methyl sites for hydroxylation is 1. The van der Waals surface area contributed by atoms with Gasteiger partial charge in [-0.1, -0.05) is 0 Å². The maximum atomic E-state index is 4.41. The lowest BCUT2D eigenvalue weighted by atomic mass is 9.97. The average Bonchev–Trinajstić information content (AvgIpc) is 3.22. The third-order valence-corrected chi connectivity index (χ3v) is 3.94. The Morgan fingerprint density at radius 2 is 1.83 bits per heavy atom. The summed E-state index contributed by atoms with van der Waals surface area (Å²) in [4.78, 5) is 11.1. The molecule has 98 valence electrons. The Hall–Kier alpha value is -1.16. The molecule has 4 nitrogen and oxygen atoms in total. The third kappa shape index (κ3) is 2.99. The lowest BCUT2D eigenvalue weighted by molar-refractivity contribution is 0.379. The summed E-state index contributed by atoms with van der Waals surface area (Å²) in [5, 5.41) is 3.64. The van der Waals surface area contributed by atoms with Crippen LogP contribution in [0.3, 0.4) is 0 Å². The van der Waals surface area contributed by atoms with Crippen LogP contribution in [-0.2, 0) is 0 Å². The van der Waals surface area contributed by atoms with E-state index in [-0.39, 0.29) is 0 Å². The summed E-state index contributed by atoms with van der Waals surface area (Å²) >= 11 is 0. The molecule has 0 amide bonds. The highest BCUT2D eigenvalue weighted by atomic mass is 15.2. The molecule has 1 aliphatic carbocycles. The fourth-order valence-corrected chi connectivity index (χ4v) is 2.51. The van der Waals surface area contributed by atoms with Gasteiger partial charge in [-0.05, 0) is 50.6 Å². The van der Waals surface area contributed by atoms with Crippen LogP contribution >= 0.6 is 0 Å². The molecule has 4 heteroatoms. The van der Waals surface area contributed by atoms with Gasteiger partial charge < -0.3 is 10.2 Å². The zero-order chi connectivity index (χ0) is 12.4. The zero-order valence-electron chi connectivity index (χ0n) is 11.1. The summed E-state index contributed by atoms with van der Waals surface area (Å²) in [6.07, 6.45) is 9.10. The normalized spacial score (nSPS) is 21.3. The first-order valence-corrected chi connectivity index (χ1v) is 7.08. The van der Waals surface area contributed by atoms with Crippen LogP contribution in [0.2, 0.25) is 0 Å². The molecule has 2 heterocycles. The molecule has 0 atom stereocenters. The van der Waals surface area contributed by atoms with Crippen LogP contribution in [0.5, 0.6) is 0 Å². The number of piperidine rings is 1. The van der Waals surface area contributed by atoms with Gasteiger partial charge in [-0.25, -0.2) is 9.97 Å². The second-order valence-electron chi connectivity index (χ2n) is 5.67. The van der Waals surface area contributed by atoms with Crippen molar-refractivity contribution in [3.8, 4) is 0 Å². The zero-order valence-corrected chi connectivity index (χ0v) is 11.1. The fraction of sp³-hybridized carbons (Fsp3) is 0.714. The molecular weight excluding hydrogens is 224 g/mol. The molecule has 0 aromatic carbocycles. The first kappa shape index (κ1) is 11.9. The lowest BCUT2D eigenvalue weighted by Gasteiger charge is -2.32. The molecule has 3 rings (SSSR count). The van der Waals surface area contributed by atoms with E-state index in [1.54, 1.807) is 0 Å². The maximum absolute atomic E-state index is 4.41. The highest BCUT2D eigenvalue weighted by molar-refractivity contribution is 5.30. The van der Waals surface area contributed by atoms with Gasteiger partial charge in [-0.15, -0.1) is 0 Å². The lowest BCUT2D eigenvalue weighted by Crippen LogP contribution is -2.38. The van der Waals surface area contributed by atoms with Crippen molar-refractivity contribution < 1.29 is 0 Å². The van der Waals surface area contributed by atoms with Crippen molar-refractivity contribution in [3.63, 3.8) is 0 Å². The number of nitrogens with zero attached hydrogens (tertiary/aromatic N) is 3. The minimum absolute atomic E-state index is 0.837. The van der Waals surface area contributed by atoms with Crippen LogP contribution in [0.1, 0.15) is 31.2 Å². The standard InChI is InChI=1S/C14H22N4/c1-11-8-16-14(17-9-11)18-6-4-12(5-7-18)10-15-13-2-3-13/h8-9,12-13,15H,2-7,10H2,1H3. The molecule has 1 aromatic heterocycles. The van der Waals surface area contributed by atoms with E-state index in [1.165, 1.54) is 32.2 Å². The molecule has 2 fully saturated rings. The van der Waals surface area contributed by atoms with Crippen LogP contribution in [0.4, 0.5) is 5.95 Å². The minimum atomic E-state index is 0.837. The summed E-state index contributed by atoms with van der Waals surface area (Å²) in [5.74, 6) is 1.74. The average molecular weight is 246 g/mol. The Labute approximate surface area is 109 Å². The second kappa shape index (κ2) is 5.22.